The maximum atomic E-state index is 5.67. The molecule has 0 bridgehead atoms. The molecule has 2 aromatic rings. The number of nitrogens with two attached hydrogens (primary N) is 1. The minimum Gasteiger partial charge on any atom is -0.399 e. The first-order valence-electron chi connectivity index (χ1n) is 6.65. The fraction of sp³-hybridized carbons (Fsp3) is 0.400. The molecular formula is C15H21N3S. The van der Waals surface area contributed by atoms with Gasteiger partial charge in [-0.3, -0.25) is 0 Å². The third-order valence-electron chi connectivity index (χ3n) is 3.08. The summed E-state index contributed by atoms with van der Waals surface area (Å²) in [4.78, 5) is 4.50. The van der Waals surface area contributed by atoms with Crippen LogP contribution in [0.4, 0.5) is 5.69 Å². The molecule has 4 heteroatoms. The Balaban J connectivity index is 1.70. The lowest BCUT2D eigenvalue weighted by molar-refractivity contribution is 0.555. The summed E-state index contributed by atoms with van der Waals surface area (Å²) < 4.78 is 0. The predicted molar refractivity (Wildman–Crippen MR) is 82.4 cm³/mol. The highest BCUT2D eigenvalue weighted by molar-refractivity contribution is 7.09. The van der Waals surface area contributed by atoms with Gasteiger partial charge in [0.05, 0.1) is 6.04 Å². The molecule has 2 rings (SSSR count). The van der Waals surface area contributed by atoms with E-state index in [2.05, 4.69) is 34.7 Å². The van der Waals surface area contributed by atoms with Gasteiger partial charge in [-0.2, -0.15) is 0 Å². The number of aryl methyl sites for hydroxylation is 2. The minimum absolute atomic E-state index is 0.338. The molecule has 0 radical (unpaired) electrons. The summed E-state index contributed by atoms with van der Waals surface area (Å²) in [5.74, 6) is 0. The molecule has 0 amide bonds. The average Bonchev–Trinajstić information content (AvgIpc) is 2.83. The van der Waals surface area contributed by atoms with E-state index in [-0.39, 0.29) is 0 Å². The van der Waals surface area contributed by atoms with Gasteiger partial charge in [0.1, 0.15) is 5.01 Å². The van der Waals surface area contributed by atoms with E-state index >= 15 is 0 Å². The van der Waals surface area contributed by atoms with Crippen LogP contribution < -0.4 is 11.1 Å². The Bertz CT molecular complexity index is 504. The SMILES string of the molecule is Cc1csc(C(C)NCCCc2ccc(N)cc2)n1. The van der Waals surface area contributed by atoms with Crippen LogP contribution in [-0.4, -0.2) is 11.5 Å². The van der Waals surface area contributed by atoms with Crippen LogP contribution in [0.15, 0.2) is 29.6 Å². The van der Waals surface area contributed by atoms with Gasteiger partial charge in [0.25, 0.3) is 0 Å². The lowest BCUT2D eigenvalue weighted by Gasteiger charge is -2.10. The highest BCUT2D eigenvalue weighted by atomic mass is 32.1. The molecule has 1 unspecified atom stereocenters. The molecule has 0 spiro atoms. The van der Waals surface area contributed by atoms with Crippen molar-refractivity contribution in [2.45, 2.75) is 32.7 Å². The smallest absolute Gasteiger partial charge is 0.110 e. The molecule has 19 heavy (non-hydrogen) atoms. The van der Waals surface area contributed by atoms with Crippen LogP contribution in [-0.2, 0) is 6.42 Å². The van der Waals surface area contributed by atoms with E-state index in [1.54, 1.807) is 11.3 Å². The van der Waals surface area contributed by atoms with Gasteiger partial charge in [0, 0.05) is 16.8 Å². The summed E-state index contributed by atoms with van der Waals surface area (Å²) in [5, 5.41) is 6.79. The molecule has 1 aromatic heterocycles. The van der Waals surface area contributed by atoms with Crippen molar-refractivity contribution in [3.63, 3.8) is 0 Å². The number of thiazole rings is 1. The predicted octanol–water partition coefficient (Wildman–Crippen LogP) is 3.32. The number of hydrogen-bond acceptors (Lipinski definition) is 4. The van der Waals surface area contributed by atoms with E-state index in [1.165, 1.54) is 10.6 Å². The average molecular weight is 275 g/mol. The molecule has 102 valence electrons. The molecule has 0 aliphatic carbocycles. The fourth-order valence-electron chi connectivity index (χ4n) is 1.95. The van der Waals surface area contributed by atoms with Crippen molar-refractivity contribution < 1.29 is 0 Å². The number of aromatic nitrogens is 1. The summed E-state index contributed by atoms with van der Waals surface area (Å²) in [6.45, 7) is 5.21. The van der Waals surface area contributed by atoms with Gasteiger partial charge in [0.2, 0.25) is 0 Å². The Morgan fingerprint density at radius 1 is 1.32 bits per heavy atom. The van der Waals surface area contributed by atoms with Crippen molar-refractivity contribution in [2.75, 3.05) is 12.3 Å². The summed E-state index contributed by atoms with van der Waals surface area (Å²) in [6.07, 6.45) is 2.20. The summed E-state index contributed by atoms with van der Waals surface area (Å²) in [7, 11) is 0. The summed E-state index contributed by atoms with van der Waals surface area (Å²) in [6, 6.07) is 8.46. The second-order valence-corrected chi connectivity index (χ2v) is 5.74. The van der Waals surface area contributed by atoms with Gasteiger partial charge in [0.15, 0.2) is 0 Å². The van der Waals surface area contributed by atoms with Crippen molar-refractivity contribution in [3.05, 3.63) is 45.9 Å². The van der Waals surface area contributed by atoms with Crippen LogP contribution in [0, 0.1) is 6.92 Å². The first-order valence-corrected chi connectivity index (χ1v) is 7.53. The third-order valence-corrected chi connectivity index (χ3v) is 4.22. The Kier molecular flexibility index (Phi) is 4.93. The summed E-state index contributed by atoms with van der Waals surface area (Å²) in [5.41, 5.74) is 8.95. The molecule has 1 heterocycles. The van der Waals surface area contributed by atoms with E-state index in [4.69, 9.17) is 5.73 Å². The highest BCUT2D eigenvalue weighted by Crippen LogP contribution is 2.17. The maximum Gasteiger partial charge on any atom is 0.110 e. The standard InChI is InChI=1S/C15H21N3S/c1-11-10-19-15(18-11)12(2)17-9-3-4-13-5-7-14(16)8-6-13/h5-8,10,12,17H,3-4,9,16H2,1-2H3. The Morgan fingerprint density at radius 2 is 2.05 bits per heavy atom. The number of nitrogens with one attached hydrogen (secondary N) is 1. The van der Waals surface area contributed by atoms with E-state index in [0.29, 0.717) is 6.04 Å². The lowest BCUT2D eigenvalue weighted by atomic mass is 10.1. The zero-order valence-corrected chi connectivity index (χ0v) is 12.3. The fourth-order valence-corrected chi connectivity index (χ4v) is 2.78. The van der Waals surface area contributed by atoms with Gasteiger partial charge >= 0.3 is 0 Å². The largest absolute Gasteiger partial charge is 0.399 e. The molecule has 0 saturated carbocycles. The Morgan fingerprint density at radius 3 is 2.68 bits per heavy atom. The van der Waals surface area contributed by atoms with Gasteiger partial charge < -0.3 is 11.1 Å². The molecule has 0 aliphatic rings. The topological polar surface area (TPSA) is 50.9 Å². The molecule has 3 nitrogen and oxygen atoms in total. The normalized spacial score (nSPS) is 12.5. The molecule has 1 atom stereocenters. The third kappa shape index (κ3) is 4.33. The quantitative estimate of drug-likeness (QED) is 0.628. The van der Waals surface area contributed by atoms with Gasteiger partial charge in [-0.25, -0.2) is 4.98 Å². The van der Waals surface area contributed by atoms with Crippen molar-refractivity contribution in [1.29, 1.82) is 0 Å². The number of anilines is 1. The second-order valence-electron chi connectivity index (χ2n) is 4.85. The lowest BCUT2D eigenvalue weighted by Crippen LogP contribution is -2.20. The van der Waals surface area contributed by atoms with Crippen molar-refractivity contribution in [3.8, 4) is 0 Å². The second kappa shape index (κ2) is 6.68. The van der Waals surface area contributed by atoms with Crippen molar-refractivity contribution >= 4 is 17.0 Å². The molecule has 0 saturated heterocycles. The molecular weight excluding hydrogens is 254 g/mol. The van der Waals surface area contributed by atoms with Crippen LogP contribution in [0.2, 0.25) is 0 Å². The van der Waals surface area contributed by atoms with E-state index in [9.17, 15) is 0 Å². The minimum atomic E-state index is 0.338. The van der Waals surface area contributed by atoms with E-state index in [0.717, 1.165) is 30.8 Å². The zero-order chi connectivity index (χ0) is 13.7. The van der Waals surface area contributed by atoms with Crippen molar-refractivity contribution in [2.24, 2.45) is 0 Å². The monoisotopic (exact) mass is 275 g/mol. The molecule has 1 aromatic carbocycles. The number of nitrogens with zero attached hydrogens (tertiary/aromatic N) is 1. The molecule has 3 N–H and O–H groups in total. The van der Waals surface area contributed by atoms with Gasteiger partial charge in [-0.15, -0.1) is 11.3 Å². The highest BCUT2D eigenvalue weighted by Gasteiger charge is 2.07. The van der Waals surface area contributed by atoms with Crippen LogP contribution in [0.25, 0.3) is 0 Å². The first-order chi connectivity index (χ1) is 9.15. The maximum absolute atomic E-state index is 5.67. The van der Waals surface area contributed by atoms with Gasteiger partial charge in [-0.1, -0.05) is 12.1 Å². The number of hydrogen-bond donors (Lipinski definition) is 2. The molecule has 0 aliphatic heterocycles. The number of nitrogen functional groups attached to an aromatic ring is 1. The molecule has 0 fully saturated rings. The Hall–Kier alpha value is -1.39. The number of rotatable bonds is 6. The van der Waals surface area contributed by atoms with E-state index < -0.39 is 0 Å². The first kappa shape index (κ1) is 14.0. The number of benzene rings is 1. The van der Waals surface area contributed by atoms with Crippen molar-refractivity contribution in [1.82, 2.24) is 10.3 Å². The zero-order valence-electron chi connectivity index (χ0n) is 11.5. The van der Waals surface area contributed by atoms with Crippen LogP contribution in [0.5, 0.6) is 0 Å². The van der Waals surface area contributed by atoms with Crippen LogP contribution in [0.3, 0.4) is 0 Å². The van der Waals surface area contributed by atoms with Crippen LogP contribution in [0.1, 0.15) is 35.7 Å². The Labute approximate surface area is 118 Å². The van der Waals surface area contributed by atoms with Crippen LogP contribution >= 0.6 is 11.3 Å². The van der Waals surface area contributed by atoms with Gasteiger partial charge in [-0.05, 0) is 50.9 Å². The van der Waals surface area contributed by atoms with E-state index in [1.807, 2.05) is 19.1 Å². The summed E-state index contributed by atoms with van der Waals surface area (Å²) >= 11 is 1.73.